The van der Waals surface area contributed by atoms with Crippen molar-refractivity contribution in [2.45, 2.75) is 12.3 Å². The number of nitriles is 1. The first kappa shape index (κ1) is 15.7. The molecule has 0 spiro atoms. The van der Waals surface area contributed by atoms with Gasteiger partial charge in [0.25, 0.3) is 0 Å². The second-order valence-corrected chi connectivity index (χ2v) is 5.70. The minimum absolute atomic E-state index is 0.571. The Balaban J connectivity index is 2.08. The van der Waals surface area contributed by atoms with Crippen LogP contribution in [0.4, 0.5) is 0 Å². The summed E-state index contributed by atoms with van der Waals surface area (Å²) in [4.78, 5) is 16.6. The summed E-state index contributed by atoms with van der Waals surface area (Å²) in [6.45, 7) is 1.56. The molecule has 0 amide bonds. The predicted octanol–water partition coefficient (Wildman–Crippen LogP) is 3.86. The number of rotatable bonds is 3. The van der Waals surface area contributed by atoms with Gasteiger partial charge in [-0.25, -0.2) is 9.78 Å². The van der Waals surface area contributed by atoms with Crippen molar-refractivity contribution in [1.29, 1.82) is 5.26 Å². The molecule has 2 aromatic carbocycles. The summed E-state index contributed by atoms with van der Waals surface area (Å²) < 4.78 is 4.77. The van der Waals surface area contributed by atoms with E-state index in [-0.39, 0.29) is 0 Å². The van der Waals surface area contributed by atoms with Gasteiger partial charge in [0.15, 0.2) is 5.41 Å². The highest BCUT2D eigenvalue weighted by Gasteiger charge is 2.36. The first-order valence-electron chi connectivity index (χ1n) is 7.55. The number of hydrogen-bond donors (Lipinski definition) is 0. The number of carbonyl (C=O) groups is 1. The molecule has 1 aromatic heterocycles. The molecule has 1 unspecified atom stereocenters. The van der Waals surface area contributed by atoms with E-state index in [1.807, 2.05) is 54.6 Å². The van der Waals surface area contributed by atoms with Gasteiger partial charge >= 0.3 is 5.97 Å². The van der Waals surface area contributed by atoms with Crippen LogP contribution in [0.3, 0.4) is 0 Å². The van der Waals surface area contributed by atoms with Crippen molar-refractivity contribution in [2.75, 3.05) is 7.11 Å². The van der Waals surface area contributed by atoms with Crippen LogP contribution in [-0.4, -0.2) is 18.1 Å². The Morgan fingerprint density at radius 3 is 2.54 bits per heavy atom. The molecule has 0 aliphatic carbocycles. The van der Waals surface area contributed by atoms with Crippen LogP contribution in [0.15, 0.2) is 60.7 Å². The van der Waals surface area contributed by atoms with E-state index in [1.165, 1.54) is 7.11 Å². The smallest absolute Gasteiger partial charge is 0.330 e. The Bertz CT molecular complexity index is 945. The van der Waals surface area contributed by atoms with E-state index >= 15 is 0 Å². The van der Waals surface area contributed by atoms with Gasteiger partial charge in [-0.2, -0.15) is 5.26 Å². The number of esters is 1. The van der Waals surface area contributed by atoms with Crippen LogP contribution in [0.25, 0.3) is 22.2 Å². The molecule has 0 saturated carbocycles. The summed E-state index contributed by atoms with van der Waals surface area (Å²) in [7, 11) is 1.28. The maximum absolute atomic E-state index is 12.0. The molecule has 1 heterocycles. The molecular formula is C20H16N2O2. The molecule has 0 N–H and O–H groups in total. The van der Waals surface area contributed by atoms with E-state index in [4.69, 9.17) is 4.74 Å². The Kier molecular flexibility index (Phi) is 4.01. The molecule has 118 valence electrons. The summed E-state index contributed by atoms with van der Waals surface area (Å²) in [6.07, 6.45) is 0. The number of ether oxygens (including phenoxy) is 1. The van der Waals surface area contributed by atoms with Gasteiger partial charge in [0.05, 0.1) is 24.4 Å². The fourth-order valence-corrected chi connectivity index (χ4v) is 2.64. The zero-order valence-electron chi connectivity index (χ0n) is 13.5. The zero-order valence-corrected chi connectivity index (χ0v) is 13.5. The molecule has 3 rings (SSSR count). The van der Waals surface area contributed by atoms with Crippen LogP contribution in [-0.2, 0) is 14.9 Å². The monoisotopic (exact) mass is 316 g/mol. The zero-order chi connectivity index (χ0) is 17.2. The average molecular weight is 316 g/mol. The van der Waals surface area contributed by atoms with Gasteiger partial charge in [0.1, 0.15) is 0 Å². The minimum atomic E-state index is -1.33. The second kappa shape index (κ2) is 6.13. The molecule has 0 saturated heterocycles. The SMILES string of the molecule is COC(=O)C(C)(C#N)c1ccc2nc(-c3ccccc3)ccc2c1. The third-order valence-electron chi connectivity index (χ3n) is 4.15. The largest absolute Gasteiger partial charge is 0.468 e. The highest BCUT2D eigenvalue weighted by atomic mass is 16.5. The summed E-state index contributed by atoms with van der Waals surface area (Å²) in [5.74, 6) is -0.571. The molecule has 4 heteroatoms. The number of aromatic nitrogens is 1. The fraction of sp³-hybridized carbons (Fsp3) is 0.150. The minimum Gasteiger partial charge on any atom is -0.468 e. The molecule has 0 aliphatic rings. The second-order valence-electron chi connectivity index (χ2n) is 5.70. The Morgan fingerprint density at radius 1 is 1.12 bits per heavy atom. The highest BCUT2D eigenvalue weighted by Crippen LogP contribution is 2.28. The molecule has 1 atom stereocenters. The Morgan fingerprint density at radius 2 is 1.88 bits per heavy atom. The maximum Gasteiger partial charge on any atom is 0.330 e. The van der Waals surface area contributed by atoms with Gasteiger partial charge in [-0.05, 0) is 30.7 Å². The molecule has 3 aromatic rings. The van der Waals surface area contributed by atoms with Crippen LogP contribution in [0.5, 0.6) is 0 Å². The van der Waals surface area contributed by atoms with Crippen molar-refractivity contribution >= 4 is 16.9 Å². The van der Waals surface area contributed by atoms with Crippen LogP contribution >= 0.6 is 0 Å². The van der Waals surface area contributed by atoms with Gasteiger partial charge in [-0.3, -0.25) is 0 Å². The number of pyridine rings is 1. The van der Waals surface area contributed by atoms with Gasteiger partial charge < -0.3 is 4.74 Å². The summed E-state index contributed by atoms with van der Waals surface area (Å²) in [6, 6.07) is 21.3. The van der Waals surface area contributed by atoms with Crippen LogP contribution in [0, 0.1) is 11.3 Å². The molecule has 24 heavy (non-hydrogen) atoms. The van der Waals surface area contributed by atoms with Gasteiger partial charge in [0, 0.05) is 10.9 Å². The number of fused-ring (bicyclic) bond motifs is 1. The highest BCUT2D eigenvalue weighted by molar-refractivity contribution is 5.89. The van der Waals surface area contributed by atoms with Crippen molar-refractivity contribution in [3.63, 3.8) is 0 Å². The van der Waals surface area contributed by atoms with Crippen LogP contribution < -0.4 is 0 Å². The normalized spacial score (nSPS) is 13.0. The number of benzene rings is 2. The number of carbonyl (C=O) groups excluding carboxylic acids is 1. The first-order valence-corrected chi connectivity index (χ1v) is 7.55. The summed E-state index contributed by atoms with van der Waals surface area (Å²) in [5, 5.41) is 10.3. The Hall–Kier alpha value is -3.19. The average Bonchev–Trinajstić information content (AvgIpc) is 2.66. The molecule has 0 bridgehead atoms. The molecule has 0 aliphatic heterocycles. The van der Waals surface area contributed by atoms with Crippen molar-refractivity contribution in [1.82, 2.24) is 4.98 Å². The van der Waals surface area contributed by atoms with Crippen molar-refractivity contribution in [3.8, 4) is 17.3 Å². The van der Waals surface area contributed by atoms with Crippen LogP contribution in [0.1, 0.15) is 12.5 Å². The first-order chi connectivity index (χ1) is 11.6. The van der Waals surface area contributed by atoms with E-state index in [2.05, 4.69) is 11.1 Å². The maximum atomic E-state index is 12.0. The summed E-state index contributed by atoms with van der Waals surface area (Å²) in [5.41, 5.74) is 2.00. The predicted molar refractivity (Wildman–Crippen MR) is 92.2 cm³/mol. The van der Waals surface area contributed by atoms with E-state index in [9.17, 15) is 10.1 Å². The molecule has 4 nitrogen and oxygen atoms in total. The molecular weight excluding hydrogens is 300 g/mol. The van der Waals surface area contributed by atoms with Crippen molar-refractivity contribution < 1.29 is 9.53 Å². The lowest BCUT2D eigenvalue weighted by Gasteiger charge is -2.19. The fourth-order valence-electron chi connectivity index (χ4n) is 2.64. The van der Waals surface area contributed by atoms with Gasteiger partial charge in [-0.15, -0.1) is 0 Å². The number of nitrogens with zero attached hydrogens (tertiary/aromatic N) is 2. The standard InChI is InChI=1S/C20H16N2O2/c1-20(13-21,19(23)24-2)16-9-11-18-15(12-16)8-10-17(22-18)14-6-4-3-5-7-14/h3-12H,1-2H3. The number of hydrogen-bond acceptors (Lipinski definition) is 4. The quantitative estimate of drug-likeness (QED) is 0.688. The number of methoxy groups -OCH3 is 1. The molecule has 0 radical (unpaired) electrons. The molecule has 0 fully saturated rings. The van der Waals surface area contributed by atoms with E-state index in [0.717, 1.165) is 22.2 Å². The third kappa shape index (κ3) is 2.61. The summed E-state index contributed by atoms with van der Waals surface area (Å²) >= 11 is 0. The Labute approximate surface area is 140 Å². The lowest BCUT2D eigenvalue weighted by molar-refractivity contribution is -0.144. The third-order valence-corrected chi connectivity index (χ3v) is 4.15. The lowest BCUT2D eigenvalue weighted by Crippen LogP contribution is -2.32. The van der Waals surface area contributed by atoms with Gasteiger partial charge in [0.2, 0.25) is 0 Å². The van der Waals surface area contributed by atoms with E-state index in [1.54, 1.807) is 13.0 Å². The van der Waals surface area contributed by atoms with E-state index in [0.29, 0.717) is 5.56 Å². The van der Waals surface area contributed by atoms with Crippen LogP contribution in [0.2, 0.25) is 0 Å². The lowest BCUT2D eigenvalue weighted by atomic mass is 9.83. The van der Waals surface area contributed by atoms with Crippen molar-refractivity contribution in [2.24, 2.45) is 0 Å². The van der Waals surface area contributed by atoms with Crippen molar-refractivity contribution in [3.05, 3.63) is 66.2 Å². The van der Waals surface area contributed by atoms with Gasteiger partial charge in [-0.1, -0.05) is 42.5 Å². The van der Waals surface area contributed by atoms with E-state index < -0.39 is 11.4 Å². The topological polar surface area (TPSA) is 63.0 Å².